The minimum absolute atomic E-state index is 0.107. The number of pyridine rings is 1. The summed E-state index contributed by atoms with van der Waals surface area (Å²) in [6, 6.07) is 8.07. The van der Waals surface area contributed by atoms with Gasteiger partial charge in [-0.1, -0.05) is 6.07 Å². The molecule has 3 aliphatic rings. The summed E-state index contributed by atoms with van der Waals surface area (Å²) < 4.78 is 5.23. The monoisotopic (exact) mass is 311 g/mol. The topological polar surface area (TPSA) is 58.4 Å². The Balaban J connectivity index is 1.53. The zero-order valence-corrected chi connectivity index (χ0v) is 13.0. The lowest BCUT2D eigenvalue weighted by molar-refractivity contribution is 0.0131. The number of fused-ring (bicyclic) bond motifs is 3. The minimum atomic E-state index is -0.107. The molecular formula is C18H21N3O2. The lowest BCUT2D eigenvalue weighted by atomic mass is 9.76. The van der Waals surface area contributed by atoms with Crippen LogP contribution < -0.4 is 5.32 Å². The SMILES string of the molecule is O=C(NC1C2CCN(CC2)C1Cc1cccnc1)c1ccco1. The van der Waals surface area contributed by atoms with Crippen LogP contribution in [-0.4, -0.2) is 41.0 Å². The van der Waals surface area contributed by atoms with Crippen molar-refractivity contribution in [3.63, 3.8) is 0 Å². The number of furan rings is 1. The molecule has 1 N–H and O–H groups in total. The van der Waals surface area contributed by atoms with Gasteiger partial charge in [-0.2, -0.15) is 0 Å². The first-order valence-electron chi connectivity index (χ1n) is 8.28. The number of hydrogen-bond acceptors (Lipinski definition) is 4. The molecule has 5 rings (SSSR count). The number of nitrogens with one attached hydrogen (secondary N) is 1. The highest BCUT2D eigenvalue weighted by Gasteiger charge is 2.42. The fourth-order valence-electron chi connectivity index (χ4n) is 4.01. The summed E-state index contributed by atoms with van der Waals surface area (Å²) in [6.07, 6.45) is 8.51. The molecule has 23 heavy (non-hydrogen) atoms. The summed E-state index contributed by atoms with van der Waals surface area (Å²) in [7, 11) is 0. The van der Waals surface area contributed by atoms with Crippen molar-refractivity contribution < 1.29 is 9.21 Å². The fraction of sp³-hybridized carbons (Fsp3) is 0.444. The normalized spacial score (nSPS) is 29.4. The molecule has 5 heterocycles. The van der Waals surface area contributed by atoms with Gasteiger partial charge >= 0.3 is 0 Å². The van der Waals surface area contributed by atoms with Crippen molar-refractivity contribution in [2.45, 2.75) is 31.3 Å². The zero-order valence-electron chi connectivity index (χ0n) is 13.0. The van der Waals surface area contributed by atoms with Gasteiger partial charge in [-0.3, -0.25) is 14.7 Å². The second-order valence-electron chi connectivity index (χ2n) is 6.48. The van der Waals surface area contributed by atoms with Gasteiger partial charge in [0, 0.05) is 24.5 Å². The van der Waals surface area contributed by atoms with E-state index < -0.39 is 0 Å². The molecular weight excluding hydrogens is 290 g/mol. The third kappa shape index (κ3) is 2.88. The van der Waals surface area contributed by atoms with Gasteiger partial charge in [0.25, 0.3) is 5.91 Å². The van der Waals surface area contributed by atoms with Crippen molar-refractivity contribution in [3.05, 3.63) is 54.2 Å². The number of carbonyl (C=O) groups is 1. The molecule has 3 fully saturated rings. The van der Waals surface area contributed by atoms with Gasteiger partial charge in [-0.05, 0) is 62.0 Å². The quantitative estimate of drug-likeness (QED) is 0.939. The summed E-state index contributed by atoms with van der Waals surface area (Å²) in [6.45, 7) is 2.26. The summed E-state index contributed by atoms with van der Waals surface area (Å²) in [5, 5.41) is 3.23. The van der Waals surface area contributed by atoms with Gasteiger partial charge in [-0.15, -0.1) is 0 Å². The van der Waals surface area contributed by atoms with Crippen LogP contribution in [0, 0.1) is 5.92 Å². The highest BCUT2D eigenvalue weighted by molar-refractivity contribution is 5.91. The number of rotatable bonds is 4. The predicted molar refractivity (Wildman–Crippen MR) is 86.0 cm³/mol. The summed E-state index contributed by atoms with van der Waals surface area (Å²) in [5.74, 6) is 0.840. The molecule has 0 aromatic carbocycles. The van der Waals surface area contributed by atoms with E-state index in [0.29, 0.717) is 17.7 Å². The molecule has 2 bridgehead atoms. The smallest absolute Gasteiger partial charge is 0.287 e. The molecule has 0 spiro atoms. The number of piperidine rings is 3. The van der Waals surface area contributed by atoms with Crippen LogP contribution in [0.5, 0.6) is 0 Å². The molecule has 2 aromatic rings. The molecule has 5 nitrogen and oxygen atoms in total. The van der Waals surface area contributed by atoms with E-state index in [-0.39, 0.29) is 11.9 Å². The van der Waals surface area contributed by atoms with Crippen LogP contribution >= 0.6 is 0 Å². The van der Waals surface area contributed by atoms with Crippen LogP contribution in [0.4, 0.5) is 0 Å². The molecule has 2 aromatic heterocycles. The van der Waals surface area contributed by atoms with Crippen molar-refractivity contribution >= 4 is 5.91 Å². The number of nitrogens with zero attached hydrogens (tertiary/aromatic N) is 2. The molecule has 1 amide bonds. The average Bonchev–Trinajstić information content (AvgIpc) is 3.13. The van der Waals surface area contributed by atoms with E-state index in [2.05, 4.69) is 21.3 Å². The highest BCUT2D eigenvalue weighted by atomic mass is 16.3. The number of aromatic nitrogens is 1. The Morgan fingerprint density at radius 3 is 2.87 bits per heavy atom. The lowest BCUT2D eigenvalue weighted by Crippen LogP contribution is -2.64. The Kier molecular flexibility index (Phi) is 3.87. The standard InChI is InChI=1S/C18H21N3O2/c22-18(16-4-2-10-23-16)20-17-14-5-8-21(9-6-14)15(17)11-13-3-1-7-19-12-13/h1-4,7,10,12,14-15,17H,5-6,8-9,11H2,(H,20,22). The van der Waals surface area contributed by atoms with E-state index >= 15 is 0 Å². The third-order valence-corrected chi connectivity index (χ3v) is 5.18. The van der Waals surface area contributed by atoms with Gasteiger partial charge in [0.05, 0.1) is 6.26 Å². The van der Waals surface area contributed by atoms with Crippen LogP contribution in [0.15, 0.2) is 47.3 Å². The van der Waals surface area contributed by atoms with E-state index in [1.807, 2.05) is 12.3 Å². The van der Waals surface area contributed by atoms with Gasteiger partial charge in [0.15, 0.2) is 5.76 Å². The fourth-order valence-corrected chi connectivity index (χ4v) is 4.01. The Morgan fingerprint density at radius 2 is 2.17 bits per heavy atom. The molecule has 120 valence electrons. The number of carbonyl (C=O) groups excluding carboxylic acids is 1. The van der Waals surface area contributed by atoms with Crippen LogP contribution in [0.3, 0.4) is 0 Å². The predicted octanol–water partition coefficient (Wildman–Crippen LogP) is 2.11. The Morgan fingerprint density at radius 1 is 1.30 bits per heavy atom. The van der Waals surface area contributed by atoms with Crippen LogP contribution in [0.25, 0.3) is 0 Å². The first kappa shape index (κ1) is 14.5. The van der Waals surface area contributed by atoms with Gasteiger partial charge < -0.3 is 9.73 Å². The number of amides is 1. The van der Waals surface area contributed by atoms with Crippen molar-refractivity contribution in [1.29, 1.82) is 0 Å². The van der Waals surface area contributed by atoms with E-state index in [1.54, 1.807) is 24.6 Å². The van der Waals surface area contributed by atoms with E-state index in [1.165, 1.54) is 5.56 Å². The lowest BCUT2D eigenvalue weighted by Gasteiger charge is -2.51. The Hall–Kier alpha value is -2.14. The molecule has 5 heteroatoms. The van der Waals surface area contributed by atoms with E-state index in [0.717, 1.165) is 32.4 Å². The summed E-state index contributed by atoms with van der Waals surface area (Å²) in [5.41, 5.74) is 1.22. The van der Waals surface area contributed by atoms with Gasteiger partial charge in [0.1, 0.15) is 0 Å². The maximum atomic E-state index is 12.4. The first-order chi connectivity index (χ1) is 11.3. The zero-order chi connectivity index (χ0) is 15.6. The molecule has 2 atom stereocenters. The largest absolute Gasteiger partial charge is 0.459 e. The van der Waals surface area contributed by atoms with E-state index in [4.69, 9.17) is 4.42 Å². The van der Waals surface area contributed by atoms with Crippen molar-refractivity contribution in [1.82, 2.24) is 15.2 Å². The molecule has 2 unspecified atom stereocenters. The van der Waals surface area contributed by atoms with E-state index in [9.17, 15) is 4.79 Å². The molecule has 0 saturated carbocycles. The second-order valence-corrected chi connectivity index (χ2v) is 6.48. The highest BCUT2D eigenvalue weighted by Crippen LogP contribution is 2.34. The molecule has 3 saturated heterocycles. The van der Waals surface area contributed by atoms with Crippen molar-refractivity contribution in [2.75, 3.05) is 13.1 Å². The second kappa shape index (κ2) is 6.16. The Labute approximate surface area is 135 Å². The van der Waals surface area contributed by atoms with Gasteiger partial charge in [-0.25, -0.2) is 0 Å². The molecule has 0 aliphatic carbocycles. The first-order valence-corrected chi connectivity index (χ1v) is 8.28. The van der Waals surface area contributed by atoms with Crippen LogP contribution in [0.2, 0.25) is 0 Å². The van der Waals surface area contributed by atoms with Crippen LogP contribution in [-0.2, 0) is 6.42 Å². The molecule has 3 aliphatic heterocycles. The Bertz CT molecular complexity index is 648. The van der Waals surface area contributed by atoms with Crippen molar-refractivity contribution in [3.8, 4) is 0 Å². The maximum Gasteiger partial charge on any atom is 0.287 e. The summed E-state index contributed by atoms with van der Waals surface area (Å²) >= 11 is 0. The average molecular weight is 311 g/mol. The van der Waals surface area contributed by atoms with Crippen LogP contribution in [0.1, 0.15) is 29.0 Å². The molecule has 0 radical (unpaired) electrons. The third-order valence-electron chi connectivity index (χ3n) is 5.18. The minimum Gasteiger partial charge on any atom is -0.459 e. The van der Waals surface area contributed by atoms with Gasteiger partial charge in [0.2, 0.25) is 0 Å². The summed E-state index contributed by atoms with van der Waals surface area (Å²) in [4.78, 5) is 19.1. The maximum absolute atomic E-state index is 12.4. The number of hydrogen-bond donors (Lipinski definition) is 1. The van der Waals surface area contributed by atoms with Crippen molar-refractivity contribution in [2.24, 2.45) is 5.92 Å².